The SMILES string of the molecule is CCC(C)OCc1ccc(N)cc1OC. The summed E-state index contributed by atoms with van der Waals surface area (Å²) in [6, 6.07) is 5.61. The number of nitrogens with two attached hydrogens (primary N) is 1. The molecule has 1 rings (SSSR count). The van der Waals surface area contributed by atoms with Crippen LogP contribution in [-0.4, -0.2) is 13.2 Å². The average molecular weight is 209 g/mol. The molecule has 0 spiro atoms. The van der Waals surface area contributed by atoms with Crippen molar-refractivity contribution in [1.82, 2.24) is 0 Å². The maximum atomic E-state index is 5.66. The van der Waals surface area contributed by atoms with Gasteiger partial charge in [0.15, 0.2) is 0 Å². The third-order valence-corrected chi connectivity index (χ3v) is 2.41. The van der Waals surface area contributed by atoms with Gasteiger partial charge in [0.25, 0.3) is 0 Å². The molecule has 0 radical (unpaired) electrons. The molecule has 3 nitrogen and oxygen atoms in total. The first-order valence-electron chi connectivity index (χ1n) is 5.21. The smallest absolute Gasteiger partial charge is 0.126 e. The molecule has 0 aromatic heterocycles. The highest BCUT2D eigenvalue weighted by molar-refractivity contribution is 5.48. The lowest BCUT2D eigenvalue weighted by atomic mass is 10.2. The first kappa shape index (κ1) is 11.9. The third kappa shape index (κ3) is 3.44. The van der Waals surface area contributed by atoms with Crippen LogP contribution in [0.5, 0.6) is 5.75 Å². The van der Waals surface area contributed by atoms with E-state index in [1.807, 2.05) is 18.2 Å². The minimum Gasteiger partial charge on any atom is -0.496 e. The van der Waals surface area contributed by atoms with Crippen molar-refractivity contribution in [2.45, 2.75) is 33.0 Å². The predicted octanol–water partition coefficient (Wildman–Crippen LogP) is 2.59. The quantitative estimate of drug-likeness (QED) is 0.758. The van der Waals surface area contributed by atoms with Crippen molar-refractivity contribution in [3.8, 4) is 5.75 Å². The van der Waals surface area contributed by atoms with Gasteiger partial charge in [0, 0.05) is 17.3 Å². The molecule has 0 amide bonds. The summed E-state index contributed by atoms with van der Waals surface area (Å²) in [5, 5.41) is 0. The molecule has 0 aliphatic heterocycles. The van der Waals surface area contributed by atoms with E-state index in [0.717, 1.165) is 17.7 Å². The lowest BCUT2D eigenvalue weighted by Crippen LogP contribution is -2.07. The Labute approximate surface area is 91.2 Å². The van der Waals surface area contributed by atoms with Crippen molar-refractivity contribution in [2.24, 2.45) is 0 Å². The van der Waals surface area contributed by atoms with Crippen LogP contribution in [0.15, 0.2) is 18.2 Å². The number of methoxy groups -OCH3 is 1. The van der Waals surface area contributed by atoms with Crippen LogP contribution >= 0.6 is 0 Å². The van der Waals surface area contributed by atoms with E-state index in [1.54, 1.807) is 7.11 Å². The van der Waals surface area contributed by atoms with E-state index in [0.29, 0.717) is 12.3 Å². The lowest BCUT2D eigenvalue weighted by Gasteiger charge is -2.13. The molecule has 0 fully saturated rings. The van der Waals surface area contributed by atoms with E-state index in [1.165, 1.54) is 0 Å². The second-order valence-electron chi connectivity index (χ2n) is 3.60. The number of ether oxygens (including phenoxy) is 2. The molecule has 0 saturated heterocycles. The van der Waals surface area contributed by atoms with Gasteiger partial charge in [-0.3, -0.25) is 0 Å². The molecule has 0 aliphatic carbocycles. The molecule has 84 valence electrons. The number of rotatable bonds is 5. The molecule has 2 N–H and O–H groups in total. The topological polar surface area (TPSA) is 44.5 Å². The molecule has 0 saturated carbocycles. The van der Waals surface area contributed by atoms with Crippen molar-refractivity contribution in [1.29, 1.82) is 0 Å². The number of nitrogen functional groups attached to an aromatic ring is 1. The Morgan fingerprint density at radius 2 is 2.13 bits per heavy atom. The highest BCUT2D eigenvalue weighted by Crippen LogP contribution is 2.22. The van der Waals surface area contributed by atoms with Crippen molar-refractivity contribution in [3.63, 3.8) is 0 Å². The van der Waals surface area contributed by atoms with E-state index in [4.69, 9.17) is 15.2 Å². The summed E-state index contributed by atoms with van der Waals surface area (Å²) in [5.74, 6) is 0.790. The second kappa shape index (κ2) is 5.61. The lowest BCUT2D eigenvalue weighted by molar-refractivity contribution is 0.0497. The van der Waals surface area contributed by atoms with Gasteiger partial charge in [-0.15, -0.1) is 0 Å². The maximum Gasteiger partial charge on any atom is 0.126 e. The van der Waals surface area contributed by atoms with Gasteiger partial charge in [-0.05, 0) is 19.4 Å². The molecule has 0 bridgehead atoms. The van der Waals surface area contributed by atoms with Crippen molar-refractivity contribution in [3.05, 3.63) is 23.8 Å². The summed E-state index contributed by atoms with van der Waals surface area (Å²) in [6.07, 6.45) is 1.28. The first-order valence-corrected chi connectivity index (χ1v) is 5.21. The highest BCUT2D eigenvalue weighted by Gasteiger charge is 2.05. The van der Waals surface area contributed by atoms with E-state index >= 15 is 0 Å². The maximum absolute atomic E-state index is 5.66. The van der Waals surface area contributed by atoms with Crippen molar-refractivity contribution >= 4 is 5.69 Å². The standard InChI is InChI=1S/C12H19NO2/c1-4-9(2)15-8-10-5-6-11(13)7-12(10)14-3/h5-7,9H,4,8,13H2,1-3H3. The summed E-state index contributed by atoms with van der Waals surface area (Å²) in [5.41, 5.74) is 7.41. The molecule has 1 aromatic rings. The number of hydrogen-bond acceptors (Lipinski definition) is 3. The summed E-state index contributed by atoms with van der Waals surface area (Å²) >= 11 is 0. The molecule has 0 heterocycles. The zero-order valence-electron chi connectivity index (χ0n) is 9.62. The first-order chi connectivity index (χ1) is 7.17. The number of anilines is 1. The molecule has 1 unspecified atom stereocenters. The Bertz CT molecular complexity index is 312. The molecule has 3 heteroatoms. The van der Waals surface area contributed by atoms with Crippen molar-refractivity contribution in [2.75, 3.05) is 12.8 Å². The van der Waals surface area contributed by atoms with Crippen LogP contribution in [0.25, 0.3) is 0 Å². The Morgan fingerprint density at radius 3 is 2.73 bits per heavy atom. The number of hydrogen-bond donors (Lipinski definition) is 1. The Hall–Kier alpha value is -1.22. The van der Waals surface area contributed by atoms with Gasteiger partial charge in [0.1, 0.15) is 5.75 Å². The van der Waals surface area contributed by atoms with E-state index < -0.39 is 0 Å². The predicted molar refractivity (Wildman–Crippen MR) is 61.9 cm³/mol. The minimum absolute atomic E-state index is 0.271. The molecular weight excluding hydrogens is 190 g/mol. The van der Waals surface area contributed by atoms with Crippen LogP contribution in [0.4, 0.5) is 5.69 Å². The fourth-order valence-corrected chi connectivity index (χ4v) is 1.23. The Morgan fingerprint density at radius 1 is 1.40 bits per heavy atom. The van der Waals surface area contributed by atoms with E-state index in [-0.39, 0.29) is 6.10 Å². The van der Waals surface area contributed by atoms with Crippen LogP contribution in [0.2, 0.25) is 0 Å². The molecule has 0 aliphatic rings. The van der Waals surface area contributed by atoms with Gasteiger partial charge < -0.3 is 15.2 Å². The van der Waals surface area contributed by atoms with Gasteiger partial charge in [0.05, 0.1) is 19.8 Å². The third-order valence-electron chi connectivity index (χ3n) is 2.41. The highest BCUT2D eigenvalue weighted by atomic mass is 16.5. The zero-order valence-corrected chi connectivity index (χ0v) is 9.62. The summed E-state index contributed by atoms with van der Waals surface area (Å²) < 4.78 is 10.9. The molecule has 1 aromatic carbocycles. The van der Waals surface area contributed by atoms with E-state index in [2.05, 4.69) is 13.8 Å². The Balaban J connectivity index is 2.67. The van der Waals surface area contributed by atoms with Crippen molar-refractivity contribution < 1.29 is 9.47 Å². The van der Waals surface area contributed by atoms with Gasteiger partial charge in [-0.2, -0.15) is 0 Å². The zero-order chi connectivity index (χ0) is 11.3. The average Bonchev–Trinajstić information content (AvgIpc) is 2.26. The molecule has 15 heavy (non-hydrogen) atoms. The summed E-state index contributed by atoms with van der Waals surface area (Å²) in [7, 11) is 1.64. The monoisotopic (exact) mass is 209 g/mol. The van der Waals surface area contributed by atoms with Crippen LogP contribution in [-0.2, 0) is 11.3 Å². The number of benzene rings is 1. The normalized spacial score (nSPS) is 12.5. The summed E-state index contributed by atoms with van der Waals surface area (Å²) in [6.45, 7) is 4.73. The minimum atomic E-state index is 0.271. The van der Waals surface area contributed by atoms with Crippen LogP contribution in [0.1, 0.15) is 25.8 Å². The van der Waals surface area contributed by atoms with Crippen LogP contribution in [0.3, 0.4) is 0 Å². The van der Waals surface area contributed by atoms with Crippen LogP contribution < -0.4 is 10.5 Å². The fraction of sp³-hybridized carbons (Fsp3) is 0.500. The molecule has 1 atom stereocenters. The second-order valence-corrected chi connectivity index (χ2v) is 3.60. The van der Waals surface area contributed by atoms with Gasteiger partial charge in [-0.1, -0.05) is 13.0 Å². The van der Waals surface area contributed by atoms with Gasteiger partial charge in [0.2, 0.25) is 0 Å². The Kier molecular flexibility index (Phi) is 4.43. The van der Waals surface area contributed by atoms with Gasteiger partial charge >= 0.3 is 0 Å². The largest absolute Gasteiger partial charge is 0.496 e. The fourth-order valence-electron chi connectivity index (χ4n) is 1.23. The van der Waals surface area contributed by atoms with E-state index in [9.17, 15) is 0 Å². The molecular formula is C12H19NO2. The van der Waals surface area contributed by atoms with Gasteiger partial charge in [-0.25, -0.2) is 0 Å². The van der Waals surface area contributed by atoms with Crippen LogP contribution in [0, 0.1) is 0 Å². The summed E-state index contributed by atoms with van der Waals surface area (Å²) in [4.78, 5) is 0.